The molecule has 3 N–H and O–H groups in total. The molecule has 0 saturated heterocycles. The highest BCUT2D eigenvalue weighted by Crippen LogP contribution is 2.09. The molecule has 0 atom stereocenters. The minimum absolute atomic E-state index is 0.0124. The van der Waals surface area contributed by atoms with E-state index in [0.29, 0.717) is 13.2 Å². The molecule has 1 aromatic carbocycles. The van der Waals surface area contributed by atoms with E-state index in [-0.39, 0.29) is 31.3 Å². The molecular weight excluding hydrogens is 222 g/mol. The van der Waals surface area contributed by atoms with E-state index in [4.69, 9.17) is 14.9 Å². The van der Waals surface area contributed by atoms with Crippen LogP contribution in [0.1, 0.15) is 5.56 Å². The first-order valence-corrected chi connectivity index (χ1v) is 5.45. The van der Waals surface area contributed by atoms with E-state index >= 15 is 0 Å². The number of phenolic OH excluding ortho intramolecular Hbond substituents is 1. The summed E-state index contributed by atoms with van der Waals surface area (Å²) in [7, 11) is 0. The molecule has 0 radical (unpaired) electrons. The van der Waals surface area contributed by atoms with Crippen LogP contribution >= 0.6 is 0 Å². The van der Waals surface area contributed by atoms with Crippen LogP contribution in [0.3, 0.4) is 0 Å². The third kappa shape index (κ3) is 5.89. The lowest BCUT2D eigenvalue weighted by molar-refractivity contribution is -0.120. The van der Waals surface area contributed by atoms with E-state index in [1.807, 2.05) is 0 Å². The highest BCUT2D eigenvalue weighted by atomic mass is 16.5. The van der Waals surface area contributed by atoms with Gasteiger partial charge in [-0.2, -0.15) is 0 Å². The average Bonchev–Trinajstić information content (AvgIpc) is 2.32. The standard InChI is InChI=1S/C12H17NO4/c14-6-8-17-7-5-13-12(16)9-10-1-3-11(15)4-2-10/h1-4,14-15H,5-9H2,(H,13,16). The molecule has 1 aromatic rings. The minimum Gasteiger partial charge on any atom is -0.508 e. The number of phenols is 1. The van der Waals surface area contributed by atoms with Gasteiger partial charge in [0, 0.05) is 6.54 Å². The summed E-state index contributed by atoms with van der Waals surface area (Å²) in [6.07, 6.45) is 0.278. The van der Waals surface area contributed by atoms with Crippen molar-refractivity contribution in [2.75, 3.05) is 26.4 Å². The second-order valence-electron chi connectivity index (χ2n) is 3.53. The fourth-order valence-corrected chi connectivity index (χ4v) is 1.29. The fourth-order valence-electron chi connectivity index (χ4n) is 1.29. The Labute approximate surface area is 100 Å². The number of benzene rings is 1. The Balaban J connectivity index is 2.18. The molecule has 0 aliphatic heterocycles. The van der Waals surface area contributed by atoms with Crippen molar-refractivity contribution in [3.63, 3.8) is 0 Å². The SMILES string of the molecule is O=C(Cc1ccc(O)cc1)NCCOCCO. The summed E-state index contributed by atoms with van der Waals surface area (Å²) >= 11 is 0. The smallest absolute Gasteiger partial charge is 0.224 e. The molecule has 17 heavy (non-hydrogen) atoms. The maximum Gasteiger partial charge on any atom is 0.224 e. The number of rotatable bonds is 7. The topological polar surface area (TPSA) is 78.8 Å². The highest BCUT2D eigenvalue weighted by molar-refractivity contribution is 5.78. The van der Waals surface area contributed by atoms with E-state index in [9.17, 15) is 4.79 Å². The van der Waals surface area contributed by atoms with Crippen molar-refractivity contribution in [3.8, 4) is 5.75 Å². The number of hydrogen-bond donors (Lipinski definition) is 3. The summed E-state index contributed by atoms with van der Waals surface area (Å²) in [6, 6.07) is 6.51. The number of carbonyl (C=O) groups is 1. The predicted octanol–water partition coefficient (Wildman–Crippen LogP) is 0.0598. The Kier molecular flexibility index (Phi) is 6.06. The number of hydrogen-bond acceptors (Lipinski definition) is 4. The lowest BCUT2D eigenvalue weighted by Gasteiger charge is -2.05. The van der Waals surface area contributed by atoms with Crippen molar-refractivity contribution in [3.05, 3.63) is 29.8 Å². The fraction of sp³-hybridized carbons (Fsp3) is 0.417. The van der Waals surface area contributed by atoms with E-state index in [1.165, 1.54) is 0 Å². The van der Waals surface area contributed by atoms with Gasteiger partial charge in [-0.3, -0.25) is 4.79 Å². The van der Waals surface area contributed by atoms with Crippen LogP contribution in [0.2, 0.25) is 0 Å². The van der Waals surface area contributed by atoms with E-state index in [2.05, 4.69) is 5.32 Å². The number of carbonyl (C=O) groups excluding carboxylic acids is 1. The van der Waals surface area contributed by atoms with Crippen molar-refractivity contribution < 1.29 is 19.7 Å². The molecular formula is C12H17NO4. The van der Waals surface area contributed by atoms with Gasteiger partial charge in [-0.25, -0.2) is 0 Å². The maximum absolute atomic E-state index is 11.5. The lowest BCUT2D eigenvalue weighted by atomic mass is 10.1. The summed E-state index contributed by atoms with van der Waals surface area (Å²) in [5, 5.41) is 20.2. The van der Waals surface area contributed by atoms with Crippen LogP contribution in [0.5, 0.6) is 5.75 Å². The number of aliphatic hydroxyl groups excluding tert-OH is 1. The van der Waals surface area contributed by atoms with Crippen molar-refractivity contribution >= 4 is 5.91 Å². The molecule has 1 rings (SSSR count). The maximum atomic E-state index is 11.5. The van der Waals surface area contributed by atoms with Crippen molar-refractivity contribution in [1.29, 1.82) is 0 Å². The van der Waals surface area contributed by atoms with Gasteiger partial charge < -0.3 is 20.3 Å². The van der Waals surface area contributed by atoms with Gasteiger partial charge in [0.1, 0.15) is 5.75 Å². The lowest BCUT2D eigenvalue weighted by Crippen LogP contribution is -2.28. The Morgan fingerprint density at radius 1 is 1.24 bits per heavy atom. The molecule has 0 bridgehead atoms. The van der Waals surface area contributed by atoms with Gasteiger partial charge in [-0.1, -0.05) is 12.1 Å². The van der Waals surface area contributed by atoms with Gasteiger partial charge in [0.15, 0.2) is 0 Å². The van der Waals surface area contributed by atoms with Gasteiger partial charge in [-0.15, -0.1) is 0 Å². The molecule has 0 unspecified atom stereocenters. The second kappa shape index (κ2) is 7.65. The van der Waals surface area contributed by atoms with Gasteiger partial charge in [0.25, 0.3) is 0 Å². The quantitative estimate of drug-likeness (QED) is 0.588. The van der Waals surface area contributed by atoms with Crippen LogP contribution in [-0.4, -0.2) is 42.5 Å². The number of aromatic hydroxyl groups is 1. The van der Waals surface area contributed by atoms with Crippen LogP contribution in [0.4, 0.5) is 0 Å². The van der Waals surface area contributed by atoms with E-state index in [1.54, 1.807) is 24.3 Å². The molecule has 5 heteroatoms. The molecule has 0 aromatic heterocycles. The van der Waals surface area contributed by atoms with Crippen LogP contribution in [0.15, 0.2) is 24.3 Å². The second-order valence-corrected chi connectivity index (χ2v) is 3.53. The zero-order valence-corrected chi connectivity index (χ0v) is 9.56. The predicted molar refractivity (Wildman–Crippen MR) is 62.7 cm³/mol. The molecule has 0 aliphatic rings. The van der Waals surface area contributed by atoms with Gasteiger partial charge >= 0.3 is 0 Å². The molecule has 0 spiro atoms. The Morgan fingerprint density at radius 3 is 2.59 bits per heavy atom. The first-order chi connectivity index (χ1) is 8.22. The Morgan fingerprint density at radius 2 is 1.94 bits per heavy atom. The average molecular weight is 239 g/mol. The number of aliphatic hydroxyl groups is 1. The third-order valence-corrected chi connectivity index (χ3v) is 2.11. The third-order valence-electron chi connectivity index (χ3n) is 2.11. The number of nitrogens with one attached hydrogen (secondary N) is 1. The Hall–Kier alpha value is -1.59. The van der Waals surface area contributed by atoms with E-state index < -0.39 is 0 Å². The molecule has 5 nitrogen and oxygen atoms in total. The zero-order valence-electron chi connectivity index (χ0n) is 9.56. The monoisotopic (exact) mass is 239 g/mol. The van der Waals surface area contributed by atoms with Crippen molar-refractivity contribution in [2.24, 2.45) is 0 Å². The largest absolute Gasteiger partial charge is 0.508 e. The normalized spacial score (nSPS) is 10.2. The van der Waals surface area contributed by atoms with Crippen molar-refractivity contribution in [2.45, 2.75) is 6.42 Å². The minimum atomic E-state index is -0.0942. The first-order valence-electron chi connectivity index (χ1n) is 5.45. The summed E-state index contributed by atoms with van der Waals surface area (Å²) in [6.45, 7) is 1.09. The summed E-state index contributed by atoms with van der Waals surface area (Å²) in [4.78, 5) is 11.5. The summed E-state index contributed by atoms with van der Waals surface area (Å²) in [5.74, 6) is 0.0925. The zero-order chi connectivity index (χ0) is 12.5. The molecule has 1 amide bonds. The number of amides is 1. The van der Waals surface area contributed by atoms with Crippen LogP contribution in [0.25, 0.3) is 0 Å². The molecule has 0 aliphatic carbocycles. The molecule has 0 heterocycles. The van der Waals surface area contributed by atoms with E-state index in [0.717, 1.165) is 5.56 Å². The van der Waals surface area contributed by atoms with Gasteiger partial charge in [-0.05, 0) is 17.7 Å². The van der Waals surface area contributed by atoms with Gasteiger partial charge in [0.2, 0.25) is 5.91 Å². The van der Waals surface area contributed by atoms with Crippen molar-refractivity contribution in [1.82, 2.24) is 5.32 Å². The Bertz CT molecular complexity index is 337. The van der Waals surface area contributed by atoms with Crippen LogP contribution in [-0.2, 0) is 16.0 Å². The van der Waals surface area contributed by atoms with Crippen LogP contribution < -0.4 is 5.32 Å². The van der Waals surface area contributed by atoms with Gasteiger partial charge in [0.05, 0.1) is 26.2 Å². The molecule has 0 fully saturated rings. The molecule has 0 saturated carbocycles. The highest BCUT2D eigenvalue weighted by Gasteiger charge is 2.02. The summed E-state index contributed by atoms with van der Waals surface area (Å²) in [5.41, 5.74) is 0.844. The molecule has 94 valence electrons. The first kappa shape index (κ1) is 13.5. The van der Waals surface area contributed by atoms with Crippen LogP contribution in [0, 0.1) is 0 Å². The number of ether oxygens (including phenoxy) is 1. The summed E-state index contributed by atoms with van der Waals surface area (Å²) < 4.78 is 5.00.